The Morgan fingerprint density at radius 3 is 2.53 bits per heavy atom. The molecule has 0 fully saturated rings. The normalized spacial score (nSPS) is 11.5. The van der Waals surface area contributed by atoms with Crippen molar-refractivity contribution in [1.29, 1.82) is 0 Å². The van der Waals surface area contributed by atoms with Gasteiger partial charge in [-0.15, -0.1) is 0 Å². The fraction of sp³-hybridized carbons (Fsp3) is 0.346. The van der Waals surface area contributed by atoms with Crippen LogP contribution in [-0.2, 0) is 17.9 Å². The van der Waals surface area contributed by atoms with Crippen LogP contribution in [0.5, 0.6) is 0 Å². The second-order valence-corrected chi connectivity index (χ2v) is 8.33. The van der Waals surface area contributed by atoms with Gasteiger partial charge in [0.05, 0.1) is 6.20 Å². The van der Waals surface area contributed by atoms with Gasteiger partial charge in [-0.3, -0.25) is 9.59 Å². The average Bonchev–Trinajstić information content (AvgIpc) is 3.16. The van der Waals surface area contributed by atoms with Gasteiger partial charge in [-0.05, 0) is 49.8 Å². The molecule has 8 heteroatoms. The van der Waals surface area contributed by atoms with E-state index in [2.05, 4.69) is 29.2 Å². The predicted molar refractivity (Wildman–Crippen MR) is 132 cm³/mol. The third kappa shape index (κ3) is 5.02. The lowest BCUT2D eigenvalue weighted by Gasteiger charge is -2.17. The van der Waals surface area contributed by atoms with Gasteiger partial charge in [0.15, 0.2) is 0 Å². The molecule has 178 valence electrons. The number of halogens is 1. The first kappa shape index (κ1) is 23.6. The fourth-order valence-electron chi connectivity index (χ4n) is 4.31. The maximum atomic E-state index is 13.4. The van der Waals surface area contributed by atoms with Crippen molar-refractivity contribution in [1.82, 2.24) is 24.6 Å². The van der Waals surface area contributed by atoms with E-state index in [1.807, 2.05) is 28.8 Å². The Bertz CT molecular complexity index is 1340. The van der Waals surface area contributed by atoms with Crippen LogP contribution in [0.3, 0.4) is 0 Å². The topological polar surface area (TPSA) is 72.2 Å². The Balaban J connectivity index is 1.59. The summed E-state index contributed by atoms with van der Waals surface area (Å²) in [6.07, 6.45) is 2.49. The van der Waals surface area contributed by atoms with Gasteiger partial charge >= 0.3 is 0 Å². The number of amides is 1. The van der Waals surface area contributed by atoms with Crippen LogP contribution in [0.2, 0.25) is 0 Å². The van der Waals surface area contributed by atoms with Gasteiger partial charge in [0, 0.05) is 29.4 Å². The standard InChI is InChI=1S/C26H30FN5O2/c1-3-30(4-2)15-7-14-28-24(33)18-32-26(34)25-22(16-29-32)21-8-5-6-9-23(21)31(25)17-19-10-12-20(27)13-11-19/h5-6,8-13,16H,3-4,7,14-15,17-18H2,1-2H3,(H,28,33). The Labute approximate surface area is 197 Å². The van der Waals surface area contributed by atoms with Gasteiger partial charge in [-0.2, -0.15) is 5.10 Å². The van der Waals surface area contributed by atoms with Gasteiger partial charge in [0.1, 0.15) is 17.9 Å². The van der Waals surface area contributed by atoms with E-state index in [1.54, 1.807) is 18.3 Å². The maximum Gasteiger partial charge on any atom is 0.291 e. The zero-order chi connectivity index (χ0) is 24.1. The third-order valence-electron chi connectivity index (χ3n) is 6.19. The number of hydrogen-bond acceptors (Lipinski definition) is 4. The van der Waals surface area contributed by atoms with Crippen molar-refractivity contribution in [3.8, 4) is 0 Å². The van der Waals surface area contributed by atoms with E-state index in [0.29, 0.717) is 18.6 Å². The molecular formula is C26H30FN5O2. The monoisotopic (exact) mass is 463 g/mol. The van der Waals surface area contributed by atoms with E-state index in [4.69, 9.17) is 0 Å². The first-order valence-electron chi connectivity index (χ1n) is 11.7. The van der Waals surface area contributed by atoms with E-state index in [1.165, 1.54) is 16.8 Å². The molecule has 1 N–H and O–H groups in total. The van der Waals surface area contributed by atoms with E-state index < -0.39 is 0 Å². The molecule has 0 saturated carbocycles. The minimum Gasteiger partial charge on any atom is -0.354 e. The number of carbonyl (C=O) groups is 1. The molecule has 0 aliphatic heterocycles. The highest BCUT2D eigenvalue weighted by Gasteiger charge is 2.17. The molecule has 4 aromatic rings. The van der Waals surface area contributed by atoms with Crippen molar-refractivity contribution in [2.45, 2.75) is 33.4 Å². The van der Waals surface area contributed by atoms with Crippen LogP contribution in [0.1, 0.15) is 25.8 Å². The fourth-order valence-corrected chi connectivity index (χ4v) is 4.31. The number of rotatable bonds is 10. The molecule has 1 amide bonds. The lowest BCUT2D eigenvalue weighted by molar-refractivity contribution is -0.121. The van der Waals surface area contributed by atoms with Crippen LogP contribution in [0.4, 0.5) is 4.39 Å². The second kappa shape index (κ2) is 10.6. The molecule has 0 aliphatic carbocycles. The summed E-state index contributed by atoms with van der Waals surface area (Å²) in [6.45, 7) is 7.93. The van der Waals surface area contributed by atoms with Crippen LogP contribution in [-0.4, -0.2) is 51.3 Å². The summed E-state index contributed by atoms with van der Waals surface area (Å²) in [4.78, 5) is 28.2. The van der Waals surface area contributed by atoms with Crippen molar-refractivity contribution in [3.05, 3.63) is 76.5 Å². The van der Waals surface area contributed by atoms with Crippen molar-refractivity contribution >= 4 is 27.7 Å². The number of aromatic nitrogens is 3. The van der Waals surface area contributed by atoms with Crippen molar-refractivity contribution in [3.63, 3.8) is 0 Å². The molecule has 2 aromatic heterocycles. The zero-order valence-corrected chi connectivity index (χ0v) is 19.6. The molecule has 0 spiro atoms. The summed E-state index contributed by atoms with van der Waals surface area (Å²) in [6, 6.07) is 14.0. The zero-order valence-electron chi connectivity index (χ0n) is 19.6. The molecule has 0 aliphatic rings. The Hall–Kier alpha value is -3.52. The van der Waals surface area contributed by atoms with Gasteiger partial charge in [-0.1, -0.05) is 44.2 Å². The highest BCUT2D eigenvalue weighted by molar-refractivity contribution is 6.07. The van der Waals surface area contributed by atoms with E-state index in [-0.39, 0.29) is 23.8 Å². The van der Waals surface area contributed by atoms with Gasteiger partial charge < -0.3 is 14.8 Å². The molecule has 0 bridgehead atoms. The van der Waals surface area contributed by atoms with Gasteiger partial charge in [0.2, 0.25) is 5.91 Å². The number of nitrogens with zero attached hydrogens (tertiary/aromatic N) is 4. The van der Waals surface area contributed by atoms with Crippen molar-refractivity contribution in [2.75, 3.05) is 26.2 Å². The van der Waals surface area contributed by atoms with E-state index in [0.717, 1.165) is 47.9 Å². The number of carbonyl (C=O) groups excluding carboxylic acids is 1. The molecule has 34 heavy (non-hydrogen) atoms. The van der Waals surface area contributed by atoms with E-state index in [9.17, 15) is 14.0 Å². The number of nitrogens with one attached hydrogen (secondary N) is 1. The number of hydrogen-bond donors (Lipinski definition) is 1. The summed E-state index contributed by atoms with van der Waals surface area (Å²) in [5, 5.41) is 8.82. The summed E-state index contributed by atoms with van der Waals surface area (Å²) in [7, 11) is 0. The quantitative estimate of drug-likeness (QED) is 0.366. The molecule has 0 radical (unpaired) electrons. The van der Waals surface area contributed by atoms with Crippen LogP contribution in [0.15, 0.2) is 59.5 Å². The molecule has 0 unspecified atom stereocenters. The average molecular weight is 464 g/mol. The second-order valence-electron chi connectivity index (χ2n) is 8.33. The van der Waals surface area contributed by atoms with Crippen LogP contribution >= 0.6 is 0 Å². The maximum absolute atomic E-state index is 13.4. The molecule has 0 saturated heterocycles. The summed E-state index contributed by atoms with van der Waals surface area (Å²) in [5.74, 6) is -0.546. The summed E-state index contributed by atoms with van der Waals surface area (Å²) < 4.78 is 16.5. The molecule has 2 heterocycles. The highest BCUT2D eigenvalue weighted by atomic mass is 19.1. The van der Waals surface area contributed by atoms with Crippen LogP contribution in [0, 0.1) is 5.82 Å². The van der Waals surface area contributed by atoms with E-state index >= 15 is 0 Å². The lowest BCUT2D eigenvalue weighted by Crippen LogP contribution is -2.35. The molecular weight excluding hydrogens is 433 g/mol. The molecule has 7 nitrogen and oxygen atoms in total. The SMILES string of the molecule is CCN(CC)CCCNC(=O)Cn1ncc2c3ccccc3n(Cc3ccc(F)cc3)c2c1=O. The third-order valence-corrected chi connectivity index (χ3v) is 6.19. The minimum absolute atomic E-state index is 0.141. The Morgan fingerprint density at radius 1 is 1.06 bits per heavy atom. The first-order valence-corrected chi connectivity index (χ1v) is 11.7. The number of benzene rings is 2. The minimum atomic E-state index is -0.325. The lowest BCUT2D eigenvalue weighted by atomic mass is 10.2. The van der Waals surface area contributed by atoms with Gasteiger partial charge in [-0.25, -0.2) is 9.07 Å². The summed E-state index contributed by atoms with van der Waals surface area (Å²) in [5.41, 5.74) is 1.92. The largest absolute Gasteiger partial charge is 0.354 e. The number of fused-ring (bicyclic) bond motifs is 3. The van der Waals surface area contributed by atoms with Gasteiger partial charge in [0.25, 0.3) is 5.56 Å². The first-order chi connectivity index (χ1) is 16.5. The van der Waals surface area contributed by atoms with Crippen LogP contribution < -0.4 is 10.9 Å². The molecule has 4 rings (SSSR count). The molecule has 0 atom stereocenters. The van der Waals surface area contributed by atoms with Crippen molar-refractivity contribution < 1.29 is 9.18 Å². The number of para-hydroxylation sites is 1. The summed E-state index contributed by atoms with van der Waals surface area (Å²) >= 11 is 0. The smallest absolute Gasteiger partial charge is 0.291 e. The predicted octanol–water partition coefficient (Wildman–Crippen LogP) is 3.39. The Kier molecular flexibility index (Phi) is 7.37. The molecule has 2 aromatic carbocycles. The highest BCUT2D eigenvalue weighted by Crippen LogP contribution is 2.27. The van der Waals surface area contributed by atoms with Crippen molar-refractivity contribution in [2.24, 2.45) is 0 Å². The van der Waals surface area contributed by atoms with Crippen LogP contribution in [0.25, 0.3) is 21.8 Å². The Morgan fingerprint density at radius 2 is 1.79 bits per heavy atom.